The second kappa shape index (κ2) is 7.95. The lowest BCUT2D eigenvalue weighted by Gasteiger charge is -2.22. The van der Waals surface area contributed by atoms with Crippen LogP contribution in [0.4, 0.5) is 4.79 Å². The third-order valence-corrected chi connectivity index (χ3v) is 3.53. The fourth-order valence-corrected chi connectivity index (χ4v) is 2.29. The van der Waals surface area contributed by atoms with Crippen LogP contribution < -0.4 is 5.32 Å². The number of nitrogens with zero attached hydrogens (tertiary/aromatic N) is 2. The van der Waals surface area contributed by atoms with Crippen LogP contribution in [0.3, 0.4) is 0 Å². The molecule has 138 valence electrons. The molecule has 0 bridgehead atoms. The summed E-state index contributed by atoms with van der Waals surface area (Å²) >= 11 is 0. The SMILES string of the molecule is Cc1nc(-c2ccccc2)ncc1CC(NC(=O)OC(C)(C)C)C(=O)O. The fraction of sp³-hybridized carbons (Fsp3) is 0.368. The van der Waals surface area contributed by atoms with E-state index in [1.54, 1.807) is 33.9 Å². The summed E-state index contributed by atoms with van der Waals surface area (Å²) in [6.45, 7) is 6.92. The number of ether oxygens (including phenoxy) is 1. The Bertz CT molecular complexity index is 785. The van der Waals surface area contributed by atoms with E-state index in [4.69, 9.17) is 4.74 Å². The van der Waals surface area contributed by atoms with Crippen LogP contribution >= 0.6 is 0 Å². The molecule has 0 saturated heterocycles. The van der Waals surface area contributed by atoms with E-state index in [0.717, 1.165) is 5.56 Å². The van der Waals surface area contributed by atoms with Gasteiger partial charge in [0.05, 0.1) is 0 Å². The summed E-state index contributed by atoms with van der Waals surface area (Å²) in [7, 11) is 0. The van der Waals surface area contributed by atoms with Crippen molar-refractivity contribution in [3.63, 3.8) is 0 Å². The van der Waals surface area contributed by atoms with Gasteiger partial charge >= 0.3 is 12.1 Å². The van der Waals surface area contributed by atoms with E-state index in [9.17, 15) is 14.7 Å². The van der Waals surface area contributed by atoms with Crippen molar-refractivity contribution in [3.8, 4) is 11.4 Å². The lowest BCUT2D eigenvalue weighted by Crippen LogP contribution is -2.44. The molecular formula is C19H23N3O4. The molecule has 0 radical (unpaired) electrons. The number of carboxylic acid groups (broad SMARTS) is 1. The third-order valence-electron chi connectivity index (χ3n) is 3.53. The smallest absolute Gasteiger partial charge is 0.408 e. The number of aromatic nitrogens is 2. The molecule has 0 aliphatic heterocycles. The number of aryl methyl sites for hydroxylation is 1. The molecule has 7 nitrogen and oxygen atoms in total. The Kier molecular flexibility index (Phi) is 5.92. The normalized spacial score (nSPS) is 12.3. The van der Waals surface area contributed by atoms with Crippen LogP contribution in [0.2, 0.25) is 0 Å². The molecule has 1 aromatic heterocycles. The van der Waals surface area contributed by atoms with Crippen LogP contribution in [0.5, 0.6) is 0 Å². The van der Waals surface area contributed by atoms with Gasteiger partial charge in [0.15, 0.2) is 5.82 Å². The second-order valence-corrected chi connectivity index (χ2v) is 6.91. The Labute approximate surface area is 152 Å². The van der Waals surface area contributed by atoms with Crippen molar-refractivity contribution in [1.82, 2.24) is 15.3 Å². The maximum absolute atomic E-state index is 11.9. The first-order valence-electron chi connectivity index (χ1n) is 8.26. The number of carbonyl (C=O) groups excluding carboxylic acids is 1. The van der Waals surface area contributed by atoms with Crippen molar-refractivity contribution in [2.75, 3.05) is 0 Å². The molecule has 1 heterocycles. The quantitative estimate of drug-likeness (QED) is 0.853. The summed E-state index contributed by atoms with van der Waals surface area (Å²) in [6, 6.07) is 8.37. The van der Waals surface area contributed by atoms with E-state index in [1.807, 2.05) is 30.3 Å². The van der Waals surface area contributed by atoms with Gasteiger partial charge in [0.1, 0.15) is 11.6 Å². The van der Waals surface area contributed by atoms with Crippen molar-refractivity contribution < 1.29 is 19.4 Å². The minimum Gasteiger partial charge on any atom is -0.480 e. The van der Waals surface area contributed by atoms with Crippen molar-refractivity contribution >= 4 is 12.1 Å². The molecule has 2 rings (SSSR count). The van der Waals surface area contributed by atoms with Crippen molar-refractivity contribution in [1.29, 1.82) is 0 Å². The number of nitrogens with one attached hydrogen (secondary N) is 1. The highest BCUT2D eigenvalue weighted by Crippen LogP contribution is 2.17. The molecule has 2 N–H and O–H groups in total. The van der Waals surface area contributed by atoms with Gasteiger partial charge in [0, 0.05) is 23.9 Å². The van der Waals surface area contributed by atoms with Crippen LogP contribution in [-0.4, -0.2) is 38.8 Å². The molecule has 2 aromatic rings. The highest BCUT2D eigenvalue weighted by Gasteiger charge is 2.25. The second-order valence-electron chi connectivity index (χ2n) is 6.91. The number of benzene rings is 1. The van der Waals surface area contributed by atoms with Crippen LogP contribution in [0.15, 0.2) is 36.5 Å². The molecule has 26 heavy (non-hydrogen) atoms. The first kappa shape index (κ1) is 19.4. The Morgan fingerprint density at radius 1 is 1.23 bits per heavy atom. The van der Waals surface area contributed by atoms with E-state index in [0.29, 0.717) is 17.1 Å². The van der Waals surface area contributed by atoms with Crippen LogP contribution in [0.25, 0.3) is 11.4 Å². The minimum atomic E-state index is -1.15. The fourth-order valence-electron chi connectivity index (χ4n) is 2.29. The van der Waals surface area contributed by atoms with Gasteiger partial charge in [-0.25, -0.2) is 19.6 Å². The number of alkyl carbamates (subject to hydrolysis) is 1. The third kappa shape index (κ3) is 5.54. The number of carbonyl (C=O) groups is 2. The van der Waals surface area contributed by atoms with Gasteiger partial charge in [-0.1, -0.05) is 30.3 Å². The van der Waals surface area contributed by atoms with Crippen molar-refractivity contribution in [2.45, 2.75) is 45.8 Å². The standard InChI is InChI=1S/C19H23N3O4/c1-12-14(11-20-16(21-12)13-8-6-5-7-9-13)10-15(17(23)24)22-18(25)26-19(2,3)4/h5-9,11,15H,10H2,1-4H3,(H,22,25)(H,23,24). The molecule has 0 fully saturated rings. The zero-order valence-corrected chi connectivity index (χ0v) is 15.3. The summed E-state index contributed by atoms with van der Waals surface area (Å²) < 4.78 is 5.12. The lowest BCUT2D eigenvalue weighted by atomic mass is 10.1. The zero-order valence-electron chi connectivity index (χ0n) is 15.3. The average Bonchev–Trinajstić information content (AvgIpc) is 2.54. The van der Waals surface area contributed by atoms with Crippen molar-refractivity contribution in [2.24, 2.45) is 0 Å². The number of carboxylic acids is 1. The molecule has 1 amide bonds. The van der Waals surface area contributed by atoms with Gasteiger partial charge in [-0.05, 0) is 33.3 Å². The van der Waals surface area contributed by atoms with Gasteiger partial charge in [0.2, 0.25) is 0 Å². The Hall–Kier alpha value is -2.96. The number of aliphatic carboxylic acids is 1. The number of amides is 1. The molecule has 1 aromatic carbocycles. The molecule has 7 heteroatoms. The first-order valence-corrected chi connectivity index (χ1v) is 8.26. The minimum absolute atomic E-state index is 0.0650. The Morgan fingerprint density at radius 3 is 2.42 bits per heavy atom. The van der Waals surface area contributed by atoms with Crippen LogP contribution in [0.1, 0.15) is 32.0 Å². The van der Waals surface area contributed by atoms with E-state index in [-0.39, 0.29) is 6.42 Å². The molecule has 0 spiro atoms. The van der Waals surface area contributed by atoms with E-state index in [1.165, 1.54) is 0 Å². The van der Waals surface area contributed by atoms with Crippen molar-refractivity contribution in [3.05, 3.63) is 47.8 Å². The summed E-state index contributed by atoms with van der Waals surface area (Å²) in [5.74, 6) is -0.582. The maximum atomic E-state index is 11.9. The summed E-state index contributed by atoms with van der Waals surface area (Å²) in [5, 5.41) is 11.8. The first-order chi connectivity index (χ1) is 12.2. The molecule has 0 aliphatic carbocycles. The van der Waals surface area contributed by atoms with Gasteiger partial charge in [-0.3, -0.25) is 0 Å². The van der Waals surface area contributed by atoms with E-state index >= 15 is 0 Å². The largest absolute Gasteiger partial charge is 0.480 e. The Balaban J connectivity index is 2.14. The summed E-state index contributed by atoms with van der Waals surface area (Å²) in [6.07, 6.45) is 0.886. The van der Waals surface area contributed by atoms with Crippen LogP contribution in [0, 0.1) is 6.92 Å². The van der Waals surface area contributed by atoms with Gasteiger partial charge in [0.25, 0.3) is 0 Å². The molecule has 1 atom stereocenters. The van der Waals surface area contributed by atoms with E-state index < -0.39 is 23.7 Å². The summed E-state index contributed by atoms with van der Waals surface area (Å²) in [5.41, 5.74) is 1.48. The maximum Gasteiger partial charge on any atom is 0.408 e. The molecule has 0 saturated carbocycles. The van der Waals surface area contributed by atoms with Gasteiger partial charge < -0.3 is 15.2 Å². The number of rotatable bonds is 5. The molecule has 1 unspecified atom stereocenters. The monoisotopic (exact) mass is 357 g/mol. The van der Waals surface area contributed by atoms with Crippen LogP contribution in [-0.2, 0) is 16.0 Å². The predicted molar refractivity (Wildman–Crippen MR) is 96.7 cm³/mol. The highest BCUT2D eigenvalue weighted by molar-refractivity contribution is 5.80. The highest BCUT2D eigenvalue weighted by atomic mass is 16.6. The van der Waals surface area contributed by atoms with E-state index in [2.05, 4.69) is 15.3 Å². The van der Waals surface area contributed by atoms with Gasteiger partial charge in [-0.15, -0.1) is 0 Å². The number of hydrogen-bond donors (Lipinski definition) is 2. The Morgan fingerprint density at radius 2 is 1.88 bits per heavy atom. The lowest BCUT2D eigenvalue weighted by molar-refractivity contribution is -0.139. The predicted octanol–water partition coefficient (Wildman–Crippen LogP) is 2.97. The average molecular weight is 357 g/mol. The number of hydrogen-bond acceptors (Lipinski definition) is 5. The molecule has 0 aliphatic rings. The van der Waals surface area contributed by atoms with Gasteiger partial charge in [-0.2, -0.15) is 0 Å². The summed E-state index contributed by atoms with van der Waals surface area (Å²) in [4.78, 5) is 32.1. The zero-order chi connectivity index (χ0) is 19.3. The molecular weight excluding hydrogens is 334 g/mol. The topological polar surface area (TPSA) is 101 Å².